The number of nitrogens with one attached hydrogen (secondary N) is 1. The quantitative estimate of drug-likeness (QED) is 0.433. The van der Waals surface area contributed by atoms with Gasteiger partial charge in [0.2, 0.25) is 0 Å². The third-order valence-electron chi connectivity index (χ3n) is 4.53. The van der Waals surface area contributed by atoms with Gasteiger partial charge in [-0.1, -0.05) is 42.5 Å². The summed E-state index contributed by atoms with van der Waals surface area (Å²) >= 11 is 0. The van der Waals surface area contributed by atoms with Gasteiger partial charge in [0.1, 0.15) is 11.3 Å². The molecule has 12 heteroatoms. The molecule has 0 aliphatic carbocycles. The number of benzene rings is 2. The molecule has 168 valence electrons. The Kier molecular flexibility index (Phi) is 5.60. The maximum absolute atomic E-state index is 14.2. The second-order valence-electron chi connectivity index (χ2n) is 6.49. The lowest BCUT2D eigenvalue weighted by molar-refractivity contribution is -0.0765. The number of aliphatic hydroxyl groups is 1. The van der Waals surface area contributed by atoms with E-state index in [9.17, 15) is 39.9 Å². The maximum atomic E-state index is 14.2. The summed E-state index contributed by atoms with van der Waals surface area (Å²) in [5, 5.41) is 10.1. The summed E-state index contributed by atoms with van der Waals surface area (Å²) in [6, 6.07) is 10.6. The van der Waals surface area contributed by atoms with Gasteiger partial charge in [-0.3, -0.25) is 0 Å². The molecule has 0 spiro atoms. The van der Waals surface area contributed by atoms with Crippen LogP contribution in [0.2, 0.25) is 0 Å². The highest BCUT2D eigenvalue weighted by Gasteiger charge is 2.73. The van der Waals surface area contributed by atoms with Crippen molar-refractivity contribution in [2.75, 3.05) is 6.26 Å². The number of alkyl halides is 6. The number of hydrogen-bond acceptors (Lipinski definition) is 4. The zero-order valence-corrected chi connectivity index (χ0v) is 17.3. The van der Waals surface area contributed by atoms with Crippen molar-refractivity contribution in [3.8, 4) is 0 Å². The van der Waals surface area contributed by atoms with E-state index in [0.717, 1.165) is 42.7 Å². The van der Waals surface area contributed by atoms with E-state index in [0.29, 0.717) is 0 Å². The standard InChI is InChI=1S/C19H15F6NO3S2/c1-30(28,29)14-9-7-12(8-10-14)16-17(13-5-3-2-4-6-13)31(18(20,21)22,19(23,24)25)15(11-27)26-16/h2-11,26-27H,1H3. The molecule has 0 saturated heterocycles. The average molecular weight is 483 g/mol. The summed E-state index contributed by atoms with van der Waals surface area (Å²) in [7, 11) is -9.39. The normalized spacial score (nSPS) is 19.4. The number of aliphatic hydroxyl groups excluding tert-OH is 1. The fraction of sp³-hybridized carbons (Fsp3) is 0.158. The van der Waals surface area contributed by atoms with Crippen LogP contribution in [0.1, 0.15) is 11.1 Å². The van der Waals surface area contributed by atoms with Crippen molar-refractivity contribution in [2.24, 2.45) is 0 Å². The molecule has 3 rings (SSSR count). The summed E-state index contributed by atoms with van der Waals surface area (Å²) in [6.07, 6.45) is 0.705. The van der Waals surface area contributed by atoms with Crippen LogP contribution in [0.25, 0.3) is 10.6 Å². The minimum absolute atomic E-state index is 0.103. The highest BCUT2D eigenvalue weighted by atomic mass is 32.3. The van der Waals surface area contributed by atoms with Crippen molar-refractivity contribution in [1.82, 2.24) is 5.32 Å². The third kappa shape index (κ3) is 3.67. The van der Waals surface area contributed by atoms with Crippen LogP contribution >= 0.6 is 10.0 Å². The summed E-state index contributed by atoms with van der Waals surface area (Å²) in [5.74, 6) is 0. The lowest BCUT2D eigenvalue weighted by Crippen LogP contribution is -2.34. The number of rotatable bonds is 3. The maximum Gasteiger partial charge on any atom is 0.442 e. The van der Waals surface area contributed by atoms with Gasteiger partial charge < -0.3 is 10.4 Å². The smallest absolute Gasteiger partial charge is 0.442 e. The van der Waals surface area contributed by atoms with E-state index in [2.05, 4.69) is 5.32 Å². The molecule has 1 aliphatic heterocycles. The first-order valence-electron chi connectivity index (χ1n) is 8.43. The molecule has 0 unspecified atom stereocenters. The highest BCUT2D eigenvalue weighted by Crippen LogP contribution is 2.84. The van der Waals surface area contributed by atoms with Crippen LogP contribution in [0.5, 0.6) is 0 Å². The molecular formula is C19H15F6NO3S2. The minimum atomic E-state index is -5.79. The van der Waals surface area contributed by atoms with E-state index in [4.69, 9.17) is 0 Å². The zero-order chi connectivity index (χ0) is 23.2. The fourth-order valence-electron chi connectivity index (χ4n) is 3.23. The Morgan fingerprint density at radius 1 is 0.871 bits per heavy atom. The largest absolute Gasteiger partial charge is 0.513 e. The third-order valence-corrected chi connectivity index (χ3v) is 8.97. The van der Waals surface area contributed by atoms with Crippen LogP contribution < -0.4 is 5.32 Å². The fourth-order valence-corrected chi connectivity index (χ4v) is 6.68. The Morgan fingerprint density at radius 2 is 1.39 bits per heavy atom. The molecule has 2 aromatic carbocycles. The van der Waals surface area contributed by atoms with Gasteiger partial charge >= 0.3 is 11.0 Å². The summed E-state index contributed by atoms with van der Waals surface area (Å²) < 4.78 is 109. The molecule has 0 atom stereocenters. The first-order valence-corrected chi connectivity index (χ1v) is 11.9. The Hall–Kier alpha value is -2.60. The summed E-state index contributed by atoms with van der Waals surface area (Å²) in [4.78, 5) is -1.22. The SMILES string of the molecule is CS(=O)(=O)c1ccc(C2=C(c3ccccc3)S(C(F)(F)F)(C(F)(F)F)C(=CO)N2)cc1. The Labute approximate surface area is 175 Å². The summed E-state index contributed by atoms with van der Waals surface area (Å²) in [5.41, 5.74) is -12.5. The van der Waals surface area contributed by atoms with Crippen LogP contribution in [0.4, 0.5) is 26.3 Å². The number of halogens is 6. The summed E-state index contributed by atoms with van der Waals surface area (Å²) in [6.45, 7) is 0. The van der Waals surface area contributed by atoms with E-state index >= 15 is 0 Å². The predicted molar refractivity (Wildman–Crippen MR) is 106 cm³/mol. The monoisotopic (exact) mass is 483 g/mol. The van der Waals surface area contributed by atoms with Crippen molar-refractivity contribution in [2.45, 2.75) is 15.9 Å². The zero-order valence-electron chi connectivity index (χ0n) is 15.6. The molecule has 1 aliphatic rings. The molecule has 0 bridgehead atoms. The van der Waals surface area contributed by atoms with Gasteiger partial charge in [0.15, 0.2) is 9.84 Å². The Balaban J connectivity index is 2.43. The van der Waals surface area contributed by atoms with E-state index in [1.807, 2.05) is 0 Å². The highest BCUT2D eigenvalue weighted by molar-refractivity contribution is 8.45. The first-order chi connectivity index (χ1) is 14.2. The molecular weight excluding hydrogens is 468 g/mol. The van der Waals surface area contributed by atoms with Gasteiger partial charge in [0.25, 0.3) is 0 Å². The van der Waals surface area contributed by atoms with Crippen molar-refractivity contribution < 1.29 is 39.9 Å². The molecule has 4 nitrogen and oxygen atoms in total. The van der Waals surface area contributed by atoms with Crippen molar-refractivity contribution in [3.63, 3.8) is 0 Å². The molecule has 2 aromatic rings. The minimum Gasteiger partial charge on any atom is -0.513 e. The van der Waals surface area contributed by atoms with Gasteiger partial charge in [-0.2, -0.15) is 26.3 Å². The lowest BCUT2D eigenvalue weighted by Gasteiger charge is -2.41. The lowest BCUT2D eigenvalue weighted by atomic mass is 10.1. The van der Waals surface area contributed by atoms with Crippen LogP contribution in [-0.4, -0.2) is 30.8 Å². The molecule has 0 saturated carbocycles. The second-order valence-corrected chi connectivity index (χ2v) is 11.5. The van der Waals surface area contributed by atoms with Gasteiger partial charge in [0.05, 0.1) is 10.6 Å². The molecule has 0 radical (unpaired) electrons. The Morgan fingerprint density at radius 3 is 1.81 bits per heavy atom. The molecule has 1 heterocycles. The second kappa shape index (κ2) is 7.52. The van der Waals surface area contributed by atoms with E-state index in [1.54, 1.807) is 0 Å². The number of hydrogen-bond donors (Lipinski definition) is 2. The molecule has 31 heavy (non-hydrogen) atoms. The van der Waals surface area contributed by atoms with Gasteiger partial charge in [0, 0.05) is 21.2 Å². The van der Waals surface area contributed by atoms with E-state index in [-0.39, 0.29) is 22.3 Å². The molecule has 0 fully saturated rings. The van der Waals surface area contributed by atoms with E-state index < -0.39 is 46.5 Å². The van der Waals surface area contributed by atoms with Crippen LogP contribution in [0.15, 0.2) is 70.8 Å². The average Bonchev–Trinajstić information content (AvgIpc) is 3.04. The van der Waals surface area contributed by atoms with Crippen molar-refractivity contribution in [3.05, 3.63) is 77.0 Å². The molecule has 0 amide bonds. The molecule has 2 N–H and O–H groups in total. The predicted octanol–water partition coefficient (Wildman–Crippen LogP) is 5.72. The van der Waals surface area contributed by atoms with Crippen molar-refractivity contribution >= 4 is 30.5 Å². The van der Waals surface area contributed by atoms with Gasteiger partial charge in [-0.05, 0) is 23.3 Å². The van der Waals surface area contributed by atoms with E-state index in [1.165, 1.54) is 18.2 Å². The first kappa shape index (κ1) is 23.1. The van der Waals surface area contributed by atoms with Gasteiger partial charge in [-0.15, -0.1) is 0 Å². The molecule has 0 aromatic heterocycles. The number of sulfone groups is 1. The van der Waals surface area contributed by atoms with Crippen LogP contribution in [0, 0.1) is 0 Å². The Bertz CT molecular complexity index is 1140. The van der Waals surface area contributed by atoms with Crippen LogP contribution in [-0.2, 0) is 9.84 Å². The van der Waals surface area contributed by atoms with Gasteiger partial charge in [-0.25, -0.2) is 8.42 Å². The topological polar surface area (TPSA) is 66.4 Å². The van der Waals surface area contributed by atoms with Crippen molar-refractivity contribution in [1.29, 1.82) is 0 Å². The van der Waals surface area contributed by atoms with Crippen LogP contribution in [0.3, 0.4) is 0 Å².